The van der Waals surface area contributed by atoms with Gasteiger partial charge in [-0.15, -0.1) is 5.69 Å². The topological polar surface area (TPSA) is 23.8 Å². The van der Waals surface area contributed by atoms with Gasteiger partial charge in [0.2, 0.25) is 0 Å². The van der Waals surface area contributed by atoms with Gasteiger partial charge in [0.15, 0.2) is 0 Å². The Morgan fingerprint density at radius 3 is 2.31 bits per heavy atom. The smallest absolute Gasteiger partial charge is 0.0209 e. The van der Waals surface area contributed by atoms with E-state index < -0.39 is 0 Å². The van der Waals surface area contributed by atoms with Gasteiger partial charge in [0.05, 0.1) is 0 Å². The molecule has 0 aromatic heterocycles. The van der Waals surface area contributed by atoms with Crippen LogP contribution in [-0.2, 0) is 12.8 Å². The molecular formula is C10H11AcBrN-. The number of hydrogen-bond donors (Lipinski definition) is 0. The molecule has 0 unspecified atom stereocenters. The van der Waals surface area contributed by atoms with Gasteiger partial charge in [-0.25, -0.2) is 0 Å². The molecule has 1 radical (unpaired) electrons. The molecule has 1 aliphatic carbocycles. The van der Waals surface area contributed by atoms with Gasteiger partial charge < -0.3 is 5.73 Å². The summed E-state index contributed by atoms with van der Waals surface area (Å²) in [5.41, 5.74) is 11.1. The first-order valence-electron chi connectivity index (χ1n) is 4.31. The van der Waals surface area contributed by atoms with Crippen LogP contribution in [0.25, 0.3) is 5.73 Å². The summed E-state index contributed by atoms with van der Waals surface area (Å²) < 4.78 is 1.19. The summed E-state index contributed by atoms with van der Waals surface area (Å²) in [4.78, 5) is 0. The van der Waals surface area contributed by atoms with Crippen molar-refractivity contribution in [2.24, 2.45) is 0 Å². The Hall–Kier alpha value is 0.942. The predicted molar refractivity (Wildman–Crippen MR) is 54.8 cm³/mol. The Morgan fingerprint density at radius 1 is 1.08 bits per heavy atom. The fraction of sp³-hybridized carbons (Fsp3) is 0.400. The van der Waals surface area contributed by atoms with Gasteiger partial charge in [0, 0.05) is 48.5 Å². The first kappa shape index (κ1) is 12.0. The van der Waals surface area contributed by atoms with Crippen molar-refractivity contribution in [3.63, 3.8) is 0 Å². The van der Waals surface area contributed by atoms with E-state index in [4.69, 9.17) is 5.73 Å². The van der Waals surface area contributed by atoms with E-state index in [1.807, 2.05) is 12.1 Å². The van der Waals surface area contributed by atoms with Crippen LogP contribution in [0.2, 0.25) is 0 Å². The van der Waals surface area contributed by atoms with E-state index in [0.29, 0.717) is 5.69 Å². The van der Waals surface area contributed by atoms with Gasteiger partial charge in [-0.05, 0) is 37.3 Å². The molecule has 0 spiro atoms. The molecule has 0 fully saturated rings. The first-order chi connectivity index (χ1) is 5.79. The summed E-state index contributed by atoms with van der Waals surface area (Å²) in [5.74, 6) is 0. The maximum absolute atomic E-state index is 7.72. The van der Waals surface area contributed by atoms with E-state index >= 15 is 0 Å². The van der Waals surface area contributed by atoms with Crippen LogP contribution < -0.4 is 0 Å². The van der Waals surface area contributed by atoms with Gasteiger partial charge in [0.1, 0.15) is 0 Å². The van der Waals surface area contributed by atoms with Crippen molar-refractivity contribution >= 4 is 21.6 Å². The second kappa shape index (κ2) is 5.14. The van der Waals surface area contributed by atoms with Crippen molar-refractivity contribution in [2.75, 3.05) is 0 Å². The van der Waals surface area contributed by atoms with E-state index in [1.54, 1.807) is 0 Å². The number of hydrogen-bond acceptors (Lipinski definition) is 0. The van der Waals surface area contributed by atoms with Crippen molar-refractivity contribution in [3.05, 3.63) is 33.5 Å². The largest absolute Gasteiger partial charge is 0.698 e. The molecule has 0 saturated carbocycles. The standard InChI is InChI=1S/C10H11BrN.Ac/c11-9-5-6-10(12)8-4-2-1-3-7(8)9;/h5-6,12H,1-4H2;/q-1;. The molecule has 67 valence electrons. The maximum atomic E-state index is 7.72. The van der Waals surface area contributed by atoms with Crippen LogP contribution in [0.1, 0.15) is 24.0 Å². The molecule has 1 N–H and O–H groups in total. The molecule has 0 heterocycles. The molecule has 0 aliphatic heterocycles. The molecule has 13 heavy (non-hydrogen) atoms. The third-order valence-electron chi connectivity index (χ3n) is 2.48. The normalized spacial score (nSPS) is 14.5. The van der Waals surface area contributed by atoms with Crippen LogP contribution in [0.5, 0.6) is 0 Å². The number of rotatable bonds is 0. The fourth-order valence-electron chi connectivity index (χ4n) is 1.82. The molecule has 2 rings (SSSR count). The molecule has 1 nitrogen and oxygen atoms in total. The summed E-state index contributed by atoms with van der Waals surface area (Å²) in [6, 6.07) is 3.88. The van der Waals surface area contributed by atoms with Crippen LogP contribution in [0.15, 0.2) is 16.6 Å². The van der Waals surface area contributed by atoms with Crippen LogP contribution >= 0.6 is 15.9 Å². The van der Waals surface area contributed by atoms with Gasteiger partial charge in [-0.2, -0.15) is 0 Å². The monoisotopic (exact) mass is 451 g/mol. The third kappa shape index (κ3) is 2.49. The summed E-state index contributed by atoms with van der Waals surface area (Å²) >= 11 is 3.53. The fourth-order valence-corrected chi connectivity index (χ4v) is 2.39. The van der Waals surface area contributed by atoms with E-state index in [9.17, 15) is 0 Å². The van der Waals surface area contributed by atoms with Crippen molar-refractivity contribution in [3.8, 4) is 0 Å². The van der Waals surface area contributed by atoms with Gasteiger partial charge >= 0.3 is 0 Å². The summed E-state index contributed by atoms with van der Waals surface area (Å²) in [5, 5.41) is 0. The average molecular weight is 452 g/mol. The minimum absolute atomic E-state index is 0. The molecule has 0 saturated heterocycles. The van der Waals surface area contributed by atoms with Gasteiger partial charge in [-0.3, -0.25) is 0 Å². The maximum Gasteiger partial charge on any atom is 0.0209 e. The zero-order valence-corrected chi connectivity index (χ0v) is 13.8. The molecule has 0 amide bonds. The van der Waals surface area contributed by atoms with Crippen LogP contribution in [0.4, 0.5) is 5.69 Å². The number of benzene rings is 1. The Balaban J connectivity index is 0.000000845. The van der Waals surface area contributed by atoms with Crippen molar-refractivity contribution in [1.29, 1.82) is 0 Å². The average Bonchev–Trinajstić information content (AvgIpc) is 2.12. The van der Waals surface area contributed by atoms with Crippen molar-refractivity contribution in [1.82, 2.24) is 0 Å². The minimum Gasteiger partial charge on any atom is -0.698 e. The zero-order chi connectivity index (χ0) is 8.55. The second-order valence-electron chi connectivity index (χ2n) is 3.26. The van der Waals surface area contributed by atoms with Crippen LogP contribution in [-0.4, -0.2) is 0 Å². The summed E-state index contributed by atoms with van der Waals surface area (Å²) in [6.07, 6.45) is 4.75. The van der Waals surface area contributed by atoms with Crippen molar-refractivity contribution < 1.29 is 44.1 Å². The van der Waals surface area contributed by atoms with Crippen LogP contribution in [0.3, 0.4) is 0 Å². The Bertz CT molecular complexity index is 281. The van der Waals surface area contributed by atoms with E-state index in [1.165, 1.54) is 28.4 Å². The first-order valence-corrected chi connectivity index (χ1v) is 5.10. The quantitative estimate of drug-likeness (QED) is 0.569. The SMILES string of the molecule is [Ac].[NH-]c1ccc(Br)c2c1CCCC2. The third-order valence-corrected chi connectivity index (χ3v) is 3.22. The number of fused-ring (bicyclic) bond motifs is 1. The number of nitrogens with one attached hydrogen (secondary N) is 1. The van der Waals surface area contributed by atoms with Crippen LogP contribution in [0, 0.1) is 44.1 Å². The Kier molecular flexibility index (Phi) is 4.75. The minimum atomic E-state index is 0. The van der Waals surface area contributed by atoms with E-state index in [-0.39, 0.29) is 44.1 Å². The zero-order valence-electron chi connectivity index (χ0n) is 7.44. The van der Waals surface area contributed by atoms with E-state index in [0.717, 1.165) is 12.8 Å². The van der Waals surface area contributed by atoms with Crippen molar-refractivity contribution in [2.45, 2.75) is 25.7 Å². The molecule has 1 aromatic rings. The molecule has 3 heteroatoms. The second-order valence-corrected chi connectivity index (χ2v) is 4.11. The van der Waals surface area contributed by atoms with Gasteiger partial charge in [0.25, 0.3) is 0 Å². The summed E-state index contributed by atoms with van der Waals surface area (Å²) in [7, 11) is 0. The Morgan fingerprint density at radius 2 is 1.69 bits per heavy atom. The molecule has 1 aliphatic rings. The van der Waals surface area contributed by atoms with Gasteiger partial charge in [-0.1, -0.05) is 27.6 Å². The molecule has 0 atom stereocenters. The molecule has 1 aromatic carbocycles. The Labute approximate surface area is 123 Å². The summed E-state index contributed by atoms with van der Waals surface area (Å²) in [6.45, 7) is 0. The molecule has 0 bridgehead atoms. The van der Waals surface area contributed by atoms with E-state index in [2.05, 4.69) is 15.9 Å². The number of halogens is 1. The predicted octanol–water partition coefficient (Wildman–Crippen LogP) is 4.01. The molecular weight excluding hydrogens is 441 g/mol.